The SMILES string of the molecule is c1ccc(N(c2ccc(-c3ccc4ccccc4c3)cc2)c2ccc3c(ccc4ccccc43)c2)c(-c2cccc3c2oc2cc4ccccc4cc23)c1. The van der Waals surface area contributed by atoms with Gasteiger partial charge in [0.2, 0.25) is 0 Å². The van der Waals surface area contributed by atoms with Crippen LogP contribution < -0.4 is 4.90 Å². The van der Waals surface area contributed by atoms with E-state index in [2.05, 4.69) is 205 Å². The van der Waals surface area contributed by atoms with Crippen molar-refractivity contribution in [3.63, 3.8) is 0 Å². The molecule has 0 N–H and O–H groups in total. The lowest BCUT2D eigenvalue weighted by molar-refractivity contribution is 0.670. The van der Waals surface area contributed by atoms with Crippen LogP contribution >= 0.6 is 0 Å². The van der Waals surface area contributed by atoms with E-state index >= 15 is 0 Å². The molecule has 1 aromatic heterocycles. The van der Waals surface area contributed by atoms with Crippen LogP contribution in [0.1, 0.15) is 0 Å². The molecule has 54 heavy (non-hydrogen) atoms. The summed E-state index contributed by atoms with van der Waals surface area (Å²) in [7, 11) is 0. The molecule has 0 unspecified atom stereocenters. The zero-order valence-corrected chi connectivity index (χ0v) is 29.4. The van der Waals surface area contributed by atoms with E-state index in [0.29, 0.717) is 0 Å². The first-order chi connectivity index (χ1) is 26.7. The van der Waals surface area contributed by atoms with Gasteiger partial charge in [0.15, 0.2) is 0 Å². The van der Waals surface area contributed by atoms with Gasteiger partial charge in [-0.25, -0.2) is 0 Å². The number of benzene rings is 10. The Hall–Kier alpha value is -7.16. The lowest BCUT2D eigenvalue weighted by Gasteiger charge is -2.28. The Bertz CT molecular complexity index is 3230. The van der Waals surface area contributed by atoms with E-state index in [-0.39, 0.29) is 0 Å². The molecule has 11 aromatic rings. The van der Waals surface area contributed by atoms with Crippen LogP contribution in [0, 0.1) is 0 Å². The van der Waals surface area contributed by atoms with E-state index in [1.54, 1.807) is 0 Å². The summed E-state index contributed by atoms with van der Waals surface area (Å²) in [4.78, 5) is 2.39. The third kappa shape index (κ3) is 4.96. The molecule has 1 heterocycles. The van der Waals surface area contributed by atoms with E-state index in [9.17, 15) is 0 Å². The third-order valence-corrected chi connectivity index (χ3v) is 11.0. The van der Waals surface area contributed by atoms with Gasteiger partial charge in [0.1, 0.15) is 11.2 Å². The normalized spacial score (nSPS) is 11.7. The fourth-order valence-corrected chi connectivity index (χ4v) is 8.33. The van der Waals surface area contributed by atoms with Crippen molar-refractivity contribution in [1.29, 1.82) is 0 Å². The molecule has 0 radical (unpaired) electrons. The van der Waals surface area contributed by atoms with Crippen LogP contribution in [0.3, 0.4) is 0 Å². The van der Waals surface area contributed by atoms with Gasteiger partial charge in [0, 0.05) is 33.3 Å². The molecule has 0 aliphatic rings. The molecule has 0 spiro atoms. The fourth-order valence-electron chi connectivity index (χ4n) is 8.33. The van der Waals surface area contributed by atoms with Crippen molar-refractivity contribution in [2.75, 3.05) is 4.90 Å². The van der Waals surface area contributed by atoms with Crippen LogP contribution in [0.5, 0.6) is 0 Å². The Morgan fingerprint density at radius 3 is 1.76 bits per heavy atom. The highest BCUT2D eigenvalue weighted by Gasteiger charge is 2.21. The predicted octanol–water partition coefficient (Wildman–Crippen LogP) is 15.0. The lowest BCUT2D eigenvalue weighted by atomic mass is 9.97. The van der Waals surface area contributed by atoms with Gasteiger partial charge in [-0.2, -0.15) is 0 Å². The molecule has 0 atom stereocenters. The Kier molecular flexibility index (Phi) is 6.90. The maximum atomic E-state index is 6.77. The highest BCUT2D eigenvalue weighted by atomic mass is 16.3. The van der Waals surface area contributed by atoms with Crippen LogP contribution in [0.2, 0.25) is 0 Å². The summed E-state index contributed by atoms with van der Waals surface area (Å²) >= 11 is 0. The minimum atomic E-state index is 0.895. The highest BCUT2D eigenvalue weighted by molar-refractivity contribution is 6.14. The number of hydrogen-bond donors (Lipinski definition) is 0. The lowest BCUT2D eigenvalue weighted by Crippen LogP contribution is -2.11. The number of fused-ring (bicyclic) bond motifs is 8. The van der Waals surface area contributed by atoms with Crippen molar-refractivity contribution in [3.05, 3.63) is 200 Å². The van der Waals surface area contributed by atoms with Gasteiger partial charge in [0.25, 0.3) is 0 Å². The average Bonchev–Trinajstić information content (AvgIpc) is 3.60. The maximum Gasteiger partial charge on any atom is 0.143 e. The highest BCUT2D eigenvalue weighted by Crippen LogP contribution is 2.45. The number of anilines is 3. The first kappa shape index (κ1) is 30.5. The van der Waals surface area contributed by atoms with E-state index in [1.165, 1.54) is 54.2 Å². The second-order valence-electron chi connectivity index (χ2n) is 14.1. The predicted molar refractivity (Wildman–Crippen MR) is 229 cm³/mol. The molecule has 11 rings (SSSR count). The molecular formula is C52H33NO. The van der Waals surface area contributed by atoms with Crippen molar-refractivity contribution in [3.8, 4) is 22.3 Å². The van der Waals surface area contributed by atoms with Gasteiger partial charge < -0.3 is 9.32 Å². The Morgan fingerprint density at radius 2 is 0.907 bits per heavy atom. The van der Waals surface area contributed by atoms with Gasteiger partial charge in [-0.3, -0.25) is 0 Å². The maximum absolute atomic E-state index is 6.77. The molecule has 2 heteroatoms. The van der Waals surface area contributed by atoms with Gasteiger partial charge in [-0.15, -0.1) is 0 Å². The average molecular weight is 688 g/mol. The van der Waals surface area contributed by atoms with Crippen LogP contribution in [0.4, 0.5) is 17.1 Å². The smallest absolute Gasteiger partial charge is 0.143 e. The summed E-state index contributed by atoms with van der Waals surface area (Å²) in [6.45, 7) is 0. The van der Waals surface area contributed by atoms with Gasteiger partial charge in [-0.05, 0) is 103 Å². The monoisotopic (exact) mass is 687 g/mol. The molecule has 0 saturated heterocycles. The summed E-state index contributed by atoms with van der Waals surface area (Å²) < 4.78 is 6.77. The Labute approximate surface area is 312 Å². The molecule has 0 aliphatic heterocycles. The molecule has 0 amide bonds. The molecule has 252 valence electrons. The molecule has 10 aromatic carbocycles. The number of rotatable bonds is 5. The van der Waals surface area contributed by atoms with Crippen molar-refractivity contribution in [2.45, 2.75) is 0 Å². The summed E-state index contributed by atoms with van der Waals surface area (Å²) in [5.74, 6) is 0. The van der Waals surface area contributed by atoms with Gasteiger partial charge >= 0.3 is 0 Å². The first-order valence-electron chi connectivity index (χ1n) is 18.5. The molecule has 2 nitrogen and oxygen atoms in total. The van der Waals surface area contributed by atoms with Crippen LogP contribution in [0.15, 0.2) is 205 Å². The van der Waals surface area contributed by atoms with E-state index < -0.39 is 0 Å². The van der Waals surface area contributed by atoms with Crippen LogP contribution in [-0.2, 0) is 0 Å². The first-order valence-corrected chi connectivity index (χ1v) is 18.5. The van der Waals surface area contributed by atoms with Gasteiger partial charge in [0.05, 0.1) is 5.69 Å². The minimum absolute atomic E-state index is 0.895. The molecule has 0 saturated carbocycles. The fraction of sp³-hybridized carbons (Fsp3) is 0. The van der Waals surface area contributed by atoms with Gasteiger partial charge in [-0.1, -0.05) is 152 Å². The van der Waals surface area contributed by atoms with E-state index in [4.69, 9.17) is 4.42 Å². The number of furan rings is 1. The summed E-state index contributed by atoms with van der Waals surface area (Å²) in [5.41, 5.74) is 9.59. The standard InChI is InChI=1S/C52H33NO/c1-2-12-37-30-40(22-20-34(37)10-1)35-24-26-42(27-25-35)53(43-28-29-45-41(31-43)23-21-36-11-5-6-15-44(36)45)50-19-8-7-16-46(50)47-17-9-18-48-49-32-38-13-3-4-14-39(38)33-51(49)54-52(47)48/h1-33H. The van der Waals surface area contributed by atoms with Crippen LogP contribution in [0.25, 0.3) is 87.3 Å². The van der Waals surface area contributed by atoms with Crippen molar-refractivity contribution < 1.29 is 4.42 Å². The van der Waals surface area contributed by atoms with E-state index in [0.717, 1.165) is 50.1 Å². The topological polar surface area (TPSA) is 16.4 Å². The number of hydrogen-bond acceptors (Lipinski definition) is 2. The molecule has 0 fully saturated rings. The van der Waals surface area contributed by atoms with Crippen LogP contribution in [-0.4, -0.2) is 0 Å². The summed E-state index contributed by atoms with van der Waals surface area (Å²) in [6.07, 6.45) is 0. The quantitative estimate of drug-likeness (QED) is 0.168. The molecule has 0 aliphatic carbocycles. The Morgan fingerprint density at radius 1 is 0.315 bits per heavy atom. The molecular weight excluding hydrogens is 655 g/mol. The Balaban J connectivity index is 1.11. The summed E-state index contributed by atoms with van der Waals surface area (Å²) in [6, 6.07) is 72.3. The minimum Gasteiger partial charge on any atom is -0.455 e. The van der Waals surface area contributed by atoms with E-state index in [1.807, 2.05) is 0 Å². The largest absolute Gasteiger partial charge is 0.455 e. The number of nitrogens with zero attached hydrogens (tertiary/aromatic N) is 1. The second kappa shape index (κ2) is 12.2. The zero-order valence-electron chi connectivity index (χ0n) is 29.4. The zero-order chi connectivity index (χ0) is 35.6. The second-order valence-corrected chi connectivity index (χ2v) is 14.1. The van der Waals surface area contributed by atoms with Crippen molar-refractivity contribution in [1.82, 2.24) is 0 Å². The van der Waals surface area contributed by atoms with Crippen molar-refractivity contribution in [2.24, 2.45) is 0 Å². The molecule has 0 bridgehead atoms. The summed E-state index contributed by atoms with van der Waals surface area (Å²) in [5, 5.41) is 12.1. The van der Waals surface area contributed by atoms with Crippen molar-refractivity contribution >= 4 is 82.1 Å². The number of para-hydroxylation sites is 2. The third-order valence-electron chi connectivity index (χ3n) is 11.0.